The van der Waals surface area contributed by atoms with E-state index < -0.39 is 49.5 Å². The SMILES string of the molecule is CC/C=C\C/C=C\C/C=C\C/C=C\CCC(=O)NC(COC1OC(CO)C(O)C(O)C1O)C(O)CCCCCCCCCCCCCCCCCCCCCCCCCCCCCCCC. The van der Waals surface area contributed by atoms with Gasteiger partial charge in [0.1, 0.15) is 24.4 Å². The predicted octanol–water partition coefficient (Wildman–Crippen LogP) is 13.3. The molecule has 0 spiro atoms. The molecule has 0 aromatic carbocycles. The van der Waals surface area contributed by atoms with E-state index in [4.69, 9.17) is 9.47 Å². The molecule has 0 aliphatic carbocycles. The molecule has 1 aliphatic rings. The van der Waals surface area contributed by atoms with Gasteiger partial charge in [-0.25, -0.2) is 0 Å². The van der Waals surface area contributed by atoms with Gasteiger partial charge in [0.2, 0.25) is 5.91 Å². The largest absolute Gasteiger partial charge is 0.394 e. The lowest BCUT2D eigenvalue weighted by Crippen LogP contribution is -2.60. The minimum Gasteiger partial charge on any atom is -0.394 e. The lowest BCUT2D eigenvalue weighted by molar-refractivity contribution is -0.302. The molecule has 1 fully saturated rings. The molecule has 9 heteroatoms. The standard InChI is InChI=1S/C57H105NO8/c1-3-5-7-9-11-13-15-17-18-19-20-21-22-23-24-25-26-27-28-29-30-31-32-33-35-36-38-40-42-44-46-51(60)50(49-65-57-56(64)55(63)54(62)52(48-59)66-57)58-53(61)47-45-43-41-39-37-34-16-14-12-10-8-6-4-2/h6,8,12,14,34,37,41,43,50-52,54-57,59-60,62-64H,3-5,7,9-11,13,15-33,35-36,38-40,42,44-49H2,1-2H3,(H,58,61)/b8-6-,14-12-,37-34-,43-41-. The zero-order valence-electron chi connectivity index (χ0n) is 42.7. The Balaban J connectivity index is 2.16. The molecule has 386 valence electrons. The highest BCUT2D eigenvalue weighted by atomic mass is 16.7. The van der Waals surface area contributed by atoms with Crippen LogP contribution in [0.4, 0.5) is 0 Å². The number of carbonyl (C=O) groups excluding carboxylic acids is 1. The van der Waals surface area contributed by atoms with E-state index in [0.717, 1.165) is 44.9 Å². The van der Waals surface area contributed by atoms with Gasteiger partial charge in [0.05, 0.1) is 25.4 Å². The lowest BCUT2D eigenvalue weighted by Gasteiger charge is -2.40. The molecular weight excluding hydrogens is 827 g/mol. The number of allylic oxidation sites excluding steroid dienone is 8. The molecule has 6 N–H and O–H groups in total. The van der Waals surface area contributed by atoms with E-state index in [-0.39, 0.29) is 18.9 Å². The van der Waals surface area contributed by atoms with Gasteiger partial charge in [-0.3, -0.25) is 4.79 Å². The van der Waals surface area contributed by atoms with Crippen molar-refractivity contribution in [1.82, 2.24) is 5.32 Å². The van der Waals surface area contributed by atoms with Crippen LogP contribution in [-0.2, 0) is 14.3 Å². The first-order valence-electron chi connectivity index (χ1n) is 27.8. The van der Waals surface area contributed by atoms with Gasteiger partial charge in [0, 0.05) is 6.42 Å². The molecule has 0 bridgehead atoms. The van der Waals surface area contributed by atoms with Gasteiger partial charge in [-0.15, -0.1) is 0 Å². The second kappa shape index (κ2) is 46.9. The maximum atomic E-state index is 13.0. The van der Waals surface area contributed by atoms with Gasteiger partial charge < -0.3 is 40.3 Å². The summed E-state index contributed by atoms with van der Waals surface area (Å²) >= 11 is 0. The molecule has 1 aliphatic heterocycles. The van der Waals surface area contributed by atoms with Gasteiger partial charge in [0.15, 0.2) is 6.29 Å². The molecule has 66 heavy (non-hydrogen) atoms. The number of unbranched alkanes of at least 4 members (excludes halogenated alkanes) is 29. The Morgan fingerprint density at radius 1 is 0.530 bits per heavy atom. The van der Waals surface area contributed by atoms with Crippen LogP contribution in [0.15, 0.2) is 48.6 Å². The van der Waals surface area contributed by atoms with Crippen molar-refractivity contribution in [2.75, 3.05) is 13.2 Å². The van der Waals surface area contributed by atoms with E-state index in [1.807, 2.05) is 12.2 Å². The average Bonchev–Trinajstić information content (AvgIpc) is 3.32. The summed E-state index contributed by atoms with van der Waals surface area (Å²) in [6.45, 7) is 3.69. The first kappa shape index (κ1) is 62.2. The Bertz CT molecular complexity index is 1170. The van der Waals surface area contributed by atoms with Crippen molar-refractivity contribution in [2.24, 2.45) is 0 Å². The van der Waals surface area contributed by atoms with E-state index in [9.17, 15) is 30.3 Å². The molecule has 1 rings (SSSR count). The summed E-state index contributed by atoms with van der Waals surface area (Å²) in [4.78, 5) is 13.0. The molecular formula is C57H105NO8. The summed E-state index contributed by atoms with van der Waals surface area (Å²) in [7, 11) is 0. The Hall–Kier alpha value is -1.85. The van der Waals surface area contributed by atoms with Crippen LogP contribution in [0.1, 0.15) is 251 Å². The van der Waals surface area contributed by atoms with Crippen molar-refractivity contribution in [2.45, 2.75) is 294 Å². The summed E-state index contributed by atoms with van der Waals surface area (Å²) < 4.78 is 11.3. The zero-order valence-corrected chi connectivity index (χ0v) is 42.7. The summed E-state index contributed by atoms with van der Waals surface area (Å²) in [5.41, 5.74) is 0. The van der Waals surface area contributed by atoms with Crippen molar-refractivity contribution in [1.29, 1.82) is 0 Å². The monoisotopic (exact) mass is 932 g/mol. The first-order chi connectivity index (χ1) is 32.3. The number of aliphatic hydroxyl groups is 5. The van der Waals surface area contributed by atoms with Crippen molar-refractivity contribution in [3.63, 3.8) is 0 Å². The fraction of sp³-hybridized carbons (Fsp3) is 0.842. The number of nitrogens with one attached hydrogen (secondary N) is 1. The number of hydrogen-bond acceptors (Lipinski definition) is 8. The molecule has 7 unspecified atom stereocenters. The van der Waals surface area contributed by atoms with E-state index in [1.165, 1.54) is 173 Å². The Morgan fingerprint density at radius 2 is 0.909 bits per heavy atom. The fourth-order valence-electron chi connectivity index (χ4n) is 8.82. The maximum absolute atomic E-state index is 13.0. The quantitative estimate of drug-likeness (QED) is 0.0261. The fourth-order valence-corrected chi connectivity index (χ4v) is 8.82. The van der Waals surface area contributed by atoms with Crippen LogP contribution < -0.4 is 5.32 Å². The van der Waals surface area contributed by atoms with Crippen molar-refractivity contribution in [3.8, 4) is 0 Å². The minimum absolute atomic E-state index is 0.168. The maximum Gasteiger partial charge on any atom is 0.220 e. The molecule has 0 saturated carbocycles. The molecule has 1 saturated heterocycles. The number of amides is 1. The number of carbonyl (C=O) groups is 1. The molecule has 0 aromatic heterocycles. The predicted molar refractivity (Wildman–Crippen MR) is 276 cm³/mol. The van der Waals surface area contributed by atoms with Crippen LogP contribution in [0.3, 0.4) is 0 Å². The summed E-state index contributed by atoms with van der Waals surface area (Å²) in [6.07, 6.45) is 54.6. The van der Waals surface area contributed by atoms with Crippen molar-refractivity contribution in [3.05, 3.63) is 48.6 Å². The zero-order chi connectivity index (χ0) is 48.0. The third kappa shape index (κ3) is 36.2. The Labute approximate surface area is 405 Å². The van der Waals surface area contributed by atoms with E-state index in [1.54, 1.807) is 0 Å². The highest BCUT2D eigenvalue weighted by Crippen LogP contribution is 2.23. The normalized spacial score (nSPS) is 20.1. The number of rotatable bonds is 47. The second-order valence-corrected chi connectivity index (χ2v) is 19.4. The molecule has 1 amide bonds. The van der Waals surface area contributed by atoms with Gasteiger partial charge >= 0.3 is 0 Å². The number of aliphatic hydroxyl groups excluding tert-OH is 5. The molecule has 7 atom stereocenters. The van der Waals surface area contributed by atoms with Crippen LogP contribution in [0, 0.1) is 0 Å². The topological polar surface area (TPSA) is 149 Å². The summed E-state index contributed by atoms with van der Waals surface area (Å²) in [6, 6.07) is -0.758. The average molecular weight is 932 g/mol. The van der Waals surface area contributed by atoms with Gasteiger partial charge in [-0.1, -0.05) is 255 Å². The van der Waals surface area contributed by atoms with Crippen LogP contribution in [0.2, 0.25) is 0 Å². The van der Waals surface area contributed by atoms with Crippen LogP contribution in [0.25, 0.3) is 0 Å². The summed E-state index contributed by atoms with van der Waals surface area (Å²) in [5, 5.41) is 54.4. The van der Waals surface area contributed by atoms with Gasteiger partial charge in [-0.2, -0.15) is 0 Å². The van der Waals surface area contributed by atoms with E-state index in [0.29, 0.717) is 12.8 Å². The second-order valence-electron chi connectivity index (χ2n) is 19.4. The first-order valence-corrected chi connectivity index (χ1v) is 27.8. The van der Waals surface area contributed by atoms with E-state index >= 15 is 0 Å². The minimum atomic E-state index is -1.57. The Morgan fingerprint density at radius 3 is 1.30 bits per heavy atom. The third-order valence-electron chi connectivity index (χ3n) is 13.2. The number of hydrogen-bond donors (Lipinski definition) is 6. The molecule has 9 nitrogen and oxygen atoms in total. The molecule has 0 radical (unpaired) electrons. The van der Waals surface area contributed by atoms with E-state index in [2.05, 4.69) is 55.6 Å². The highest BCUT2D eigenvalue weighted by molar-refractivity contribution is 5.76. The van der Waals surface area contributed by atoms with Crippen molar-refractivity contribution >= 4 is 5.91 Å². The van der Waals surface area contributed by atoms with Gasteiger partial charge in [-0.05, 0) is 38.5 Å². The number of ether oxygens (including phenoxy) is 2. The third-order valence-corrected chi connectivity index (χ3v) is 13.2. The summed E-state index contributed by atoms with van der Waals surface area (Å²) in [5.74, 6) is -0.223. The van der Waals surface area contributed by atoms with Crippen LogP contribution in [-0.4, -0.2) is 87.5 Å². The Kier molecular flexibility index (Phi) is 44.1. The van der Waals surface area contributed by atoms with Crippen molar-refractivity contribution < 1.29 is 39.8 Å². The highest BCUT2D eigenvalue weighted by Gasteiger charge is 2.44. The van der Waals surface area contributed by atoms with Crippen LogP contribution in [0.5, 0.6) is 0 Å². The molecule has 1 heterocycles. The van der Waals surface area contributed by atoms with Crippen LogP contribution >= 0.6 is 0 Å². The smallest absolute Gasteiger partial charge is 0.220 e. The molecule has 0 aromatic rings. The van der Waals surface area contributed by atoms with Gasteiger partial charge in [0.25, 0.3) is 0 Å². The lowest BCUT2D eigenvalue weighted by atomic mass is 9.99.